The predicted molar refractivity (Wildman–Crippen MR) is 78.4 cm³/mol. The van der Waals surface area contributed by atoms with Crippen molar-refractivity contribution in [2.24, 2.45) is 0 Å². The van der Waals surface area contributed by atoms with E-state index >= 15 is 0 Å². The molecule has 1 aliphatic heterocycles. The minimum Gasteiger partial charge on any atom is -0.399 e. The molecule has 0 N–H and O–H groups in total. The largest absolute Gasteiger partial charge is 0.496 e. The van der Waals surface area contributed by atoms with Crippen molar-refractivity contribution in [3.8, 4) is 0 Å². The zero-order valence-electron chi connectivity index (χ0n) is 12.0. The summed E-state index contributed by atoms with van der Waals surface area (Å²) in [4.78, 5) is 10.4. The molecule has 1 aromatic carbocycles. The molecule has 7 heteroatoms. The van der Waals surface area contributed by atoms with Crippen molar-refractivity contribution in [3.63, 3.8) is 0 Å². The van der Waals surface area contributed by atoms with Crippen LogP contribution in [0.5, 0.6) is 0 Å². The van der Waals surface area contributed by atoms with Gasteiger partial charge in [0.15, 0.2) is 0 Å². The zero-order valence-corrected chi connectivity index (χ0v) is 12.7. The fourth-order valence-corrected chi connectivity index (χ4v) is 2.46. The zero-order chi connectivity index (χ0) is 15.1. The molecule has 1 saturated heterocycles. The Kier molecular flexibility index (Phi) is 3.84. The van der Waals surface area contributed by atoms with Crippen LogP contribution < -0.4 is 5.46 Å². The van der Waals surface area contributed by atoms with E-state index in [-0.39, 0.29) is 5.69 Å². The molecule has 0 amide bonds. The Balaban J connectivity index is 2.39. The van der Waals surface area contributed by atoms with Crippen LogP contribution in [-0.4, -0.2) is 23.2 Å². The lowest BCUT2D eigenvalue weighted by molar-refractivity contribution is -0.384. The van der Waals surface area contributed by atoms with Crippen LogP contribution in [-0.2, 0) is 9.31 Å². The monoisotopic (exact) mass is 297 g/mol. The first-order chi connectivity index (χ1) is 9.20. The van der Waals surface area contributed by atoms with Gasteiger partial charge in [0, 0.05) is 22.6 Å². The molecule has 0 radical (unpaired) electrons. The summed E-state index contributed by atoms with van der Waals surface area (Å²) in [5, 5.41) is 11.3. The fourth-order valence-electron chi connectivity index (χ4n) is 2.26. The maximum Gasteiger partial charge on any atom is 0.496 e. The van der Waals surface area contributed by atoms with Gasteiger partial charge in [-0.2, -0.15) is 0 Å². The second-order valence-electron chi connectivity index (χ2n) is 5.63. The Labute approximate surface area is 123 Å². The van der Waals surface area contributed by atoms with Crippen molar-refractivity contribution in [1.82, 2.24) is 0 Å². The van der Waals surface area contributed by atoms with Crippen LogP contribution in [0.2, 0.25) is 5.02 Å². The molecule has 1 aliphatic rings. The lowest BCUT2D eigenvalue weighted by Crippen LogP contribution is -2.44. The normalized spacial score (nSPS) is 24.9. The first kappa shape index (κ1) is 15.3. The molecular weight excluding hydrogens is 280 g/mol. The second kappa shape index (κ2) is 5.02. The van der Waals surface area contributed by atoms with Crippen LogP contribution in [0.25, 0.3) is 0 Å². The molecule has 20 heavy (non-hydrogen) atoms. The highest BCUT2D eigenvalue weighted by Crippen LogP contribution is 2.39. The highest BCUT2D eigenvalue weighted by Gasteiger charge is 2.54. The summed E-state index contributed by atoms with van der Waals surface area (Å²) in [6.07, 6.45) is 0.767. The summed E-state index contributed by atoms with van der Waals surface area (Å²) >= 11 is 6.13. The van der Waals surface area contributed by atoms with Crippen LogP contribution in [0, 0.1) is 10.1 Å². The van der Waals surface area contributed by atoms with Gasteiger partial charge in [-0.15, -0.1) is 0 Å². The number of hydrogen-bond acceptors (Lipinski definition) is 4. The average molecular weight is 298 g/mol. The van der Waals surface area contributed by atoms with E-state index in [9.17, 15) is 10.1 Å². The fraction of sp³-hybridized carbons (Fsp3) is 0.538. The van der Waals surface area contributed by atoms with Crippen molar-refractivity contribution < 1.29 is 14.2 Å². The Morgan fingerprint density at radius 2 is 2.00 bits per heavy atom. The molecule has 0 saturated carbocycles. The van der Waals surface area contributed by atoms with Crippen molar-refractivity contribution >= 4 is 29.9 Å². The van der Waals surface area contributed by atoms with E-state index in [0.29, 0.717) is 10.5 Å². The summed E-state index contributed by atoms with van der Waals surface area (Å²) in [7, 11) is -0.692. The van der Waals surface area contributed by atoms with Gasteiger partial charge in [-0.25, -0.2) is 0 Å². The molecule has 1 heterocycles. The average Bonchev–Trinajstić information content (AvgIpc) is 2.61. The van der Waals surface area contributed by atoms with E-state index in [1.807, 2.05) is 27.7 Å². The first-order valence-electron chi connectivity index (χ1n) is 6.49. The molecule has 1 atom stereocenters. The number of hydrogen-bond donors (Lipinski definition) is 0. The number of nitro groups is 1. The van der Waals surface area contributed by atoms with Gasteiger partial charge in [0.25, 0.3) is 5.69 Å². The molecule has 0 aliphatic carbocycles. The van der Waals surface area contributed by atoms with Crippen LogP contribution in [0.3, 0.4) is 0 Å². The molecule has 2 rings (SSSR count). The SMILES string of the molecule is CCC1(C)OB(c2cc([N+](=O)[O-])ccc2Cl)OC1(C)C. The highest BCUT2D eigenvalue weighted by molar-refractivity contribution is 6.65. The Morgan fingerprint density at radius 3 is 2.50 bits per heavy atom. The third-order valence-electron chi connectivity index (χ3n) is 4.16. The molecule has 1 aromatic rings. The van der Waals surface area contributed by atoms with Crippen molar-refractivity contribution in [2.75, 3.05) is 0 Å². The van der Waals surface area contributed by atoms with Crippen molar-refractivity contribution in [1.29, 1.82) is 0 Å². The van der Waals surface area contributed by atoms with E-state index in [1.54, 1.807) is 0 Å². The third kappa shape index (κ3) is 2.43. The summed E-state index contributed by atoms with van der Waals surface area (Å²) in [6.45, 7) is 7.88. The van der Waals surface area contributed by atoms with E-state index in [1.165, 1.54) is 18.2 Å². The molecular formula is C13H17BClNO4. The van der Waals surface area contributed by atoms with Crippen molar-refractivity contribution in [3.05, 3.63) is 33.3 Å². The van der Waals surface area contributed by atoms with E-state index in [2.05, 4.69) is 0 Å². The van der Waals surface area contributed by atoms with Gasteiger partial charge >= 0.3 is 7.12 Å². The topological polar surface area (TPSA) is 61.6 Å². The maximum absolute atomic E-state index is 10.9. The van der Waals surface area contributed by atoms with Gasteiger partial charge < -0.3 is 9.31 Å². The molecule has 5 nitrogen and oxygen atoms in total. The highest BCUT2D eigenvalue weighted by atomic mass is 35.5. The van der Waals surface area contributed by atoms with Gasteiger partial charge in [-0.1, -0.05) is 18.5 Å². The first-order valence-corrected chi connectivity index (χ1v) is 6.87. The quantitative estimate of drug-likeness (QED) is 0.489. The third-order valence-corrected chi connectivity index (χ3v) is 4.51. The smallest absolute Gasteiger partial charge is 0.399 e. The number of benzene rings is 1. The van der Waals surface area contributed by atoms with E-state index in [4.69, 9.17) is 20.9 Å². The van der Waals surface area contributed by atoms with Crippen molar-refractivity contribution in [2.45, 2.75) is 45.3 Å². The van der Waals surface area contributed by atoms with Gasteiger partial charge in [-0.05, 0) is 33.3 Å². The molecule has 108 valence electrons. The minimum absolute atomic E-state index is 0.0282. The standard InChI is InChI=1S/C13H17BClNO4/c1-5-13(4)12(2,3)19-14(20-13)10-8-9(16(17)18)6-7-11(10)15/h6-8H,5H2,1-4H3. The van der Waals surface area contributed by atoms with Gasteiger partial charge in [0.05, 0.1) is 16.1 Å². The lowest BCUT2D eigenvalue weighted by Gasteiger charge is -2.35. The van der Waals surface area contributed by atoms with Crippen LogP contribution >= 0.6 is 11.6 Å². The molecule has 1 fully saturated rings. The lowest BCUT2D eigenvalue weighted by atomic mass is 9.79. The van der Waals surface area contributed by atoms with E-state index < -0.39 is 23.2 Å². The maximum atomic E-state index is 10.9. The Morgan fingerprint density at radius 1 is 1.35 bits per heavy atom. The van der Waals surface area contributed by atoms with Crippen LogP contribution in [0.4, 0.5) is 5.69 Å². The molecule has 0 spiro atoms. The summed E-state index contributed by atoms with van der Waals surface area (Å²) in [5.74, 6) is 0. The van der Waals surface area contributed by atoms with Gasteiger partial charge in [-0.3, -0.25) is 10.1 Å². The molecule has 1 unspecified atom stereocenters. The van der Waals surface area contributed by atoms with Gasteiger partial charge in [0.2, 0.25) is 0 Å². The van der Waals surface area contributed by atoms with Gasteiger partial charge in [0.1, 0.15) is 0 Å². The molecule has 0 bridgehead atoms. The summed E-state index contributed by atoms with van der Waals surface area (Å²) in [6, 6.07) is 4.27. The predicted octanol–water partition coefficient (Wildman–Crippen LogP) is 2.94. The number of nitrogens with zero attached hydrogens (tertiary/aromatic N) is 1. The minimum atomic E-state index is -0.692. The number of non-ortho nitro benzene ring substituents is 1. The Hall–Kier alpha value is -1.11. The van der Waals surface area contributed by atoms with Crippen LogP contribution in [0.15, 0.2) is 18.2 Å². The Bertz CT molecular complexity index is 551. The molecule has 0 aromatic heterocycles. The number of rotatable bonds is 3. The summed E-state index contributed by atoms with van der Waals surface area (Å²) < 4.78 is 11.9. The van der Waals surface area contributed by atoms with Crippen LogP contribution in [0.1, 0.15) is 34.1 Å². The second-order valence-corrected chi connectivity index (χ2v) is 6.03. The summed E-state index contributed by atoms with van der Waals surface area (Å²) in [5.41, 5.74) is -0.503. The van der Waals surface area contributed by atoms with E-state index in [0.717, 1.165) is 6.42 Å². The number of halogens is 1. The number of nitro benzene ring substituents is 1.